The number of likely N-dealkylation sites (tertiary alicyclic amines) is 1. The number of aromatic nitrogens is 2. The fraction of sp³-hybridized carbons (Fsp3) is 0.333. The molecule has 3 heterocycles. The van der Waals surface area contributed by atoms with Crippen LogP contribution in [0.4, 0.5) is 0 Å². The summed E-state index contributed by atoms with van der Waals surface area (Å²) in [6.07, 6.45) is 5.80. The van der Waals surface area contributed by atoms with Crippen LogP contribution in [0, 0.1) is 11.3 Å². The lowest BCUT2D eigenvalue weighted by Crippen LogP contribution is -2.44. The molecule has 1 fully saturated rings. The Labute approximate surface area is 127 Å². The molecular weight excluding hydrogens is 284 g/mol. The number of nitriles is 1. The first-order valence-corrected chi connectivity index (χ1v) is 6.98. The Morgan fingerprint density at radius 2 is 2.32 bits per heavy atom. The van der Waals surface area contributed by atoms with Crippen LogP contribution in [0.3, 0.4) is 0 Å². The molecule has 1 saturated heterocycles. The molecule has 0 N–H and O–H groups in total. The third-order valence-corrected chi connectivity index (χ3v) is 3.45. The fourth-order valence-corrected chi connectivity index (χ4v) is 2.42. The number of ether oxygens (including phenoxy) is 1. The van der Waals surface area contributed by atoms with Crippen molar-refractivity contribution < 1.29 is 13.9 Å². The van der Waals surface area contributed by atoms with E-state index in [1.165, 1.54) is 18.7 Å². The minimum Gasteiger partial charge on any atom is -0.470 e. The molecule has 1 atom stereocenters. The van der Waals surface area contributed by atoms with Crippen molar-refractivity contribution in [2.75, 3.05) is 13.1 Å². The van der Waals surface area contributed by atoms with E-state index in [1.807, 2.05) is 6.07 Å². The van der Waals surface area contributed by atoms with Crippen LogP contribution < -0.4 is 4.74 Å². The van der Waals surface area contributed by atoms with Crippen molar-refractivity contribution in [1.82, 2.24) is 14.9 Å². The van der Waals surface area contributed by atoms with E-state index in [9.17, 15) is 4.79 Å². The molecule has 22 heavy (non-hydrogen) atoms. The zero-order valence-corrected chi connectivity index (χ0v) is 11.8. The molecule has 112 valence electrons. The van der Waals surface area contributed by atoms with Crippen LogP contribution >= 0.6 is 0 Å². The van der Waals surface area contributed by atoms with Gasteiger partial charge in [-0.3, -0.25) is 4.79 Å². The summed E-state index contributed by atoms with van der Waals surface area (Å²) in [5.41, 5.74) is 0.150. The maximum atomic E-state index is 12.3. The van der Waals surface area contributed by atoms with Crippen molar-refractivity contribution in [1.29, 1.82) is 5.26 Å². The summed E-state index contributed by atoms with van der Waals surface area (Å²) in [5.74, 6) is 0.373. The highest BCUT2D eigenvalue weighted by Gasteiger charge is 2.27. The Kier molecular flexibility index (Phi) is 4.01. The molecule has 0 spiro atoms. The molecule has 2 aromatic rings. The molecule has 1 aliphatic rings. The number of hydrogen-bond donors (Lipinski definition) is 0. The molecule has 0 saturated carbocycles. The highest BCUT2D eigenvalue weighted by molar-refractivity contribution is 5.91. The van der Waals surface area contributed by atoms with Gasteiger partial charge in [0.25, 0.3) is 11.8 Å². The number of carbonyl (C=O) groups is 1. The van der Waals surface area contributed by atoms with Crippen molar-refractivity contribution in [3.05, 3.63) is 42.2 Å². The van der Waals surface area contributed by atoms with E-state index < -0.39 is 0 Å². The highest BCUT2D eigenvalue weighted by atomic mass is 16.5. The monoisotopic (exact) mass is 298 g/mol. The molecule has 3 rings (SSSR count). The van der Waals surface area contributed by atoms with Crippen LogP contribution in [0.5, 0.6) is 5.88 Å². The molecule has 0 radical (unpaired) electrons. The minimum absolute atomic E-state index is 0.150. The zero-order chi connectivity index (χ0) is 15.4. The normalized spacial score (nSPS) is 17.8. The summed E-state index contributed by atoms with van der Waals surface area (Å²) >= 11 is 0. The number of nitrogens with zero attached hydrogens (tertiary/aromatic N) is 4. The van der Waals surface area contributed by atoms with Gasteiger partial charge in [0.15, 0.2) is 5.76 Å². The van der Waals surface area contributed by atoms with Gasteiger partial charge in [0, 0.05) is 18.9 Å². The van der Waals surface area contributed by atoms with Crippen LogP contribution in [0.25, 0.3) is 0 Å². The number of hydrogen-bond acceptors (Lipinski definition) is 6. The van der Waals surface area contributed by atoms with Crippen molar-refractivity contribution in [2.45, 2.75) is 18.9 Å². The van der Waals surface area contributed by atoms with Gasteiger partial charge in [-0.2, -0.15) is 5.26 Å². The second-order valence-corrected chi connectivity index (χ2v) is 4.93. The number of rotatable bonds is 3. The Bertz CT molecular complexity index is 693. The Hall–Kier alpha value is -2.88. The Morgan fingerprint density at radius 3 is 3.09 bits per heavy atom. The summed E-state index contributed by atoms with van der Waals surface area (Å²) in [6, 6.07) is 5.27. The number of amides is 1. The predicted molar refractivity (Wildman–Crippen MR) is 75.0 cm³/mol. The van der Waals surface area contributed by atoms with Crippen LogP contribution in [-0.2, 0) is 0 Å². The Balaban J connectivity index is 1.68. The molecule has 0 aromatic carbocycles. The van der Waals surface area contributed by atoms with Gasteiger partial charge in [-0.1, -0.05) is 0 Å². The maximum Gasteiger partial charge on any atom is 0.289 e. The lowest BCUT2D eigenvalue weighted by atomic mass is 10.1. The largest absolute Gasteiger partial charge is 0.470 e. The second kappa shape index (κ2) is 6.26. The van der Waals surface area contributed by atoms with Crippen LogP contribution in [0.2, 0.25) is 0 Å². The lowest BCUT2D eigenvalue weighted by molar-refractivity contribution is 0.0499. The third-order valence-electron chi connectivity index (χ3n) is 3.45. The van der Waals surface area contributed by atoms with Crippen LogP contribution in [0.15, 0.2) is 35.2 Å². The van der Waals surface area contributed by atoms with E-state index in [1.54, 1.807) is 17.0 Å². The van der Waals surface area contributed by atoms with E-state index in [2.05, 4.69) is 9.97 Å². The first-order chi connectivity index (χ1) is 10.8. The summed E-state index contributed by atoms with van der Waals surface area (Å²) in [6.45, 7) is 1.09. The zero-order valence-electron chi connectivity index (χ0n) is 11.8. The van der Waals surface area contributed by atoms with Crippen molar-refractivity contribution in [3.8, 4) is 11.9 Å². The van der Waals surface area contributed by atoms with Crippen molar-refractivity contribution >= 4 is 5.91 Å². The van der Waals surface area contributed by atoms with Gasteiger partial charge in [-0.05, 0) is 25.0 Å². The van der Waals surface area contributed by atoms with E-state index >= 15 is 0 Å². The molecule has 2 aromatic heterocycles. The van der Waals surface area contributed by atoms with E-state index in [4.69, 9.17) is 14.4 Å². The van der Waals surface area contributed by atoms with Gasteiger partial charge in [0.05, 0.1) is 12.8 Å². The number of carbonyl (C=O) groups excluding carboxylic acids is 1. The summed E-state index contributed by atoms with van der Waals surface area (Å²) in [4.78, 5) is 21.9. The topological polar surface area (TPSA) is 92.2 Å². The summed E-state index contributed by atoms with van der Waals surface area (Å²) in [7, 11) is 0. The molecule has 7 nitrogen and oxygen atoms in total. The highest BCUT2D eigenvalue weighted by Crippen LogP contribution is 2.20. The van der Waals surface area contributed by atoms with Gasteiger partial charge in [0.1, 0.15) is 12.2 Å². The van der Waals surface area contributed by atoms with Gasteiger partial charge in [-0.15, -0.1) is 0 Å². The number of furan rings is 1. The van der Waals surface area contributed by atoms with E-state index in [0.29, 0.717) is 18.8 Å². The van der Waals surface area contributed by atoms with Gasteiger partial charge < -0.3 is 14.1 Å². The first kappa shape index (κ1) is 14.1. The molecule has 7 heteroatoms. The molecule has 0 bridgehead atoms. The maximum absolute atomic E-state index is 12.3. The quantitative estimate of drug-likeness (QED) is 0.855. The third kappa shape index (κ3) is 2.91. The smallest absolute Gasteiger partial charge is 0.289 e. The van der Waals surface area contributed by atoms with Crippen molar-refractivity contribution in [3.63, 3.8) is 0 Å². The van der Waals surface area contributed by atoms with E-state index in [0.717, 1.165) is 12.8 Å². The van der Waals surface area contributed by atoms with E-state index in [-0.39, 0.29) is 23.6 Å². The van der Waals surface area contributed by atoms with Crippen molar-refractivity contribution in [2.24, 2.45) is 0 Å². The van der Waals surface area contributed by atoms with Crippen LogP contribution in [-0.4, -0.2) is 40.0 Å². The minimum atomic E-state index is -0.212. The fourth-order valence-electron chi connectivity index (χ4n) is 2.42. The predicted octanol–water partition coefficient (Wildman–Crippen LogP) is 1.62. The molecular formula is C15H14N4O3. The Morgan fingerprint density at radius 1 is 1.45 bits per heavy atom. The lowest BCUT2D eigenvalue weighted by Gasteiger charge is -2.32. The summed E-state index contributed by atoms with van der Waals surface area (Å²) in [5, 5.41) is 9.00. The second-order valence-electron chi connectivity index (χ2n) is 4.93. The molecule has 1 amide bonds. The average Bonchev–Trinajstić information content (AvgIpc) is 3.09. The molecule has 0 unspecified atom stereocenters. The first-order valence-electron chi connectivity index (χ1n) is 6.98. The van der Waals surface area contributed by atoms with Gasteiger partial charge in [-0.25, -0.2) is 9.97 Å². The van der Waals surface area contributed by atoms with Gasteiger partial charge >= 0.3 is 0 Å². The number of piperidine rings is 1. The SMILES string of the molecule is N#Cc1nccnc1O[C@@H]1CCCN(C(=O)c2ccco2)C1. The molecule has 0 aliphatic carbocycles. The van der Waals surface area contributed by atoms with Gasteiger partial charge in [0.2, 0.25) is 5.69 Å². The van der Waals surface area contributed by atoms with Crippen LogP contribution in [0.1, 0.15) is 29.1 Å². The molecule has 1 aliphatic heterocycles. The standard InChI is InChI=1S/C15H14N4O3/c16-9-12-14(18-6-5-17-12)22-11-3-1-7-19(10-11)15(20)13-4-2-8-21-13/h2,4-6,8,11H,1,3,7,10H2/t11-/m1/s1. The summed E-state index contributed by atoms with van der Waals surface area (Å²) < 4.78 is 10.9. The average molecular weight is 298 g/mol.